The Kier molecular flexibility index (Phi) is 2.87. The first-order valence-electron chi connectivity index (χ1n) is 6.72. The SMILES string of the molecule is O=C(c1ccccc1)N1CCC[C@@H]2CCC[C@@H]21. The number of benzene rings is 1. The Morgan fingerprint density at radius 1 is 1.06 bits per heavy atom. The summed E-state index contributed by atoms with van der Waals surface area (Å²) in [5.41, 5.74) is 0.847. The number of carbonyl (C=O) groups excluding carboxylic acids is 1. The maximum absolute atomic E-state index is 12.5. The predicted molar refractivity (Wildman–Crippen MR) is 67.8 cm³/mol. The lowest BCUT2D eigenvalue weighted by atomic mass is 9.91. The van der Waals surface area contributed by atoms with E-state index in [0.29, 0.717) is 6.04 Å². The highest BCUT2D eigenvalue weighted by molar-refractivity contribution is 5.94. The van der Waals surface area contributed by atoms with Crippen LogP contribution in [0.4, 0.5) is 0 Å². The summed E-state index contributed by atoms with van der Waals surface area (Å²) in [4.78, 5) is 14.6. The minimum atomic E-state index is 0.238. The molecular weight excluding hydrogens is 210 g/mol. The number of piperidine rings is 1. The molecule has 0 unspecified atom stereocenters. The topological polar surface area (TPSA) is 20.3 Å². The van der Waals surface area contributed by atoms with Crippen LogP contribution >= 0.6 is 0 Å². The molecule has 0 bridgehead atoms. The molecule has 0 N–H and O–H groups in total. The van der Waals surface area contributed by atoms with Gasteiger partial charge in [-0.3, -0.25) is 4.79 Å². The molecule has 0 spiro atoms. The van der Waals surface area contributed by atoms with Gasteiger partial charge in [-0.05, 0) is 43.7 Å². The highest BCUT2D eigenvalue weighted by Crippen LogP contribution is 2.37. The van der Waals surface area contributed by atoms with Crippen LogP contribution in [0.1, 0.15) is 42.5 Å². The van der Waals surface area contributed by atoms with Crippen molar-refractivity contribution in [3.05, 3.63) is 35.9 Å². The zero-order chi connectivity index (χ0) is 11.7. The fourth-order valence-electron chi connectivity index (χ4n) is 3.45. The molecule has 3 rings (SSSR count). The molecule has 17 heavy (non-hydrogen) atoms. The van der Waals surface area contributed by atoms with E-state index in [9.17, 15) is 4.79 Å². The minimum Gasteiger partial charge on any atom is -0.335 e. The lowest BCUT2D eigenvalue weighted by Crippen LogP contribution is -2.46. The highest BCUT2D eigenvalue weighted by atomic mass is 16.2. The van der Waals surface area contributed by atoms with Crippen molar-refractivity contribution < 1.29 is 4.79 Å². The Labute approximate surface area is 103 Å². The smallest absolute Gasteiger partial charge is 0.254 e. The van der Waals surface area contributed by atoms with Gasteiger partial charge >= 0.3 is 0 Å². The van der Waals surface area contributed by atoms with Gasteiger partial charge in [0.25, 0.3) is 5.91 Å². The molecule has 1 saturated carbocycles. The van der Waals surface area contributed by atoms with Gasteiger partial charge in [0, 0.05) is 18.2 Å². The third-order valence-electron chi connectivity index (χ3n) is 4.27. The van der Waals surface area contributed by atoms with E-state index >= 15 is 0 Å². The lowest BCUT2D eigenvalue weighted by Gasteiger charge is -2.37. The normalized spacial score (nSPS) is 27.9. The molecule has 2 aliphatic rings. The maximum Gasteiger partial charge on any atom is 0.254 e. The molecule has 2 nitrogen and oxygen atoms in total. The molecule has 2 fully saturated rings. The number of hydrogen-bond donors (Lipinski definition) is 0. The van der Waals surface area contributed by atoms with Crippen molar-refractivity contribution in [3.8, 4) is 0 Å². The summed E-state index contributed by atoms with van der Waals surface area (Å²) in [6, 6.07) is 10.2. The molecule has 1 aliphatic heterocycles. The fraction of sp³-hybridized carbons (Fsp3) is 0.533. The van der Waals surface area contributed by atoms with E-state index in [1.807, 2.05) is 30.3 Å². The number of amides is 1. The largest absolute Gasteiger partial charge is 0.335 e. The molecule has 1 aliphatic carbocycles. The Morgan fingerprint density at radius 2 is 1.82 bits per heavy atom. The van der Waals surface area contributed by atoms with Crippen LogP contribution in [-0.2, 0) is 0 Å². The summed E-state index contributed by atoms with van der Waals surface area (Å²) in [5.74, 6) is 1.01. The van der Waals surface area contributed by atoms with Crippen LogP contribution in [0.2, 0.25) is 0 Å². The average Bonchev–Trinajstić information content (AvgIpc) is 2.87. The van der Waals surface area contributed by atoms with Crippen LogP contribution in [0.5, 0.6) is 0 Å². The Bertz CT molecular complexity index is 401. The number of hydrogen-bond acceptors (Lipinski definition) is 1. The van der Waals surface area contributed by atoms with Crippen LogP contribution in [0.25, 0.3) is 0 Å². The molecule has 0 aromatic heterocycles. The second-order valence-corrected chi connectivity index (χ2v) is 5.27. The first-order chi connectivity index (χ1) is 8.36. The maximum atomic E-state index is 12.5. The van der Waals surface area contributed by atoms with Crippen molar-refractivity contribution in [2.45, 2.75) is 38.1 Å². The fourth-order valence-corrected chi connectivity index (χ4v) is 3.45. The van der Waals surface area contributed by atoms with Crippen molar-refractivity contribution in [2.24, 2.45) is 5.92 Å². The number of nitrogens with zero attached hydrogens (tertiary/aromatic N) is 1. The predicted octanol–water partition coefficient (Wildman–Crippen LogP) is 3.09. The van der Waals surface area contributed by atoms with E-state index in [2.05, 4.69) is 4.90 Å². The van der Waals surface area contributed by atoms with Gasteiger partial charge in [0.1, 0.15) is 0 Å². The van der Waals surface area contributed by atoms with E-state index in [0.717, 1.165) is 18.0 Å². The monoisotopic (exact) mass is 229 g/mol. The summed E-state index contributed by atoms with van der Waals surface area (Å²) in [6.45, 7) is 0.953. The van der Waals surface area contributed by atoms with Gasteiger partial charge in [-0.1, -0.05) is 24.6 Å². The molecule has 1 saturated heterocycles. The van der Waals surface area contributed by atoms with Crippen LogP contribution in [-0.4, -0.2) is 23.4 Å². The van der Waals surface area contributed by atoms with Gasteiger partial charge in [0.2, 0.25) is 0 Å². The third kappa shape index (κ3) is 1.97. The van der Waals surface area contributed by atoms with E-state index < -0.39 is 0 Å². The first-order valence-corrected chi connectivity index (χ1v) is 6.72. The second-order valence-electron chi connectivity index (χ2n) is 5.27. The molecule has 2 heteroatoms. The van der Waals surface area contributed by atoms with Crippen molar-refractivity contribution in [1.29, 1.82) is 0 Å². The minimum absolute atomic E-state index is 0.238. The van der Waals surface area contributed by atoms with E-state index in [4.69, 9.17) is 0 Å². The molecule has 90 valence electrons. The van der Waals surface area contributed by atoms with Gasteiger partial charge in [0.05, 0.1) is 0 Å². The Morgan fingerprint density at radius 3 is 2.65 bits per heavy atom. The van der Waals surface area contributed by atoms with Gasteiger partial charge in [-0.2, -0.15) is 0 Å². The molecule has 2 atom stereocenters. The Balaban J connectivity index is 1.81. The quantitative estimate of drug-likeness (QED) is 0.724. The zero-order valence-corrected chi connectivity index (χ0v) is 10.1. The summed E-state index contributed by atoms with van der Waals surface area (Å²) in [6.07, 6.45) is 6.34. The molecular formula is C15H19NO. The zero-order valence-electron chi connectivity index (χ0n) is 10.1. The molecule has 1 heterocycles. The number of likely N-dealkylation sites (tertiary alicyclic amines) is 1. The number of rotatable bonds is 1. The number of carbonyl (C=O) groups is 1. The van der Waals surface area contributed by atoms with Crippen LogP contribution in [0, 0.1) is 5.92 Å². The van der Waals surface area contributed by atoms with Gasteiger partial charge < -0.3 is 4.90 Å². The third-order valence-corrected chi connectivity index (χ3v) is 4.27. The van der Waals surface area contributed by atoms with E-state index in [1.54, 1.807) is 0 Å². The van der Waals surface area contributed by atoms with Crippen LogP contribution in [0.15, 0.2) is 30.3 Å². The van der Waals surface area contributed by atoms with Crippen molar-refractivity contribution >= 4 is 5.91 Å². The molecule has 1 aromatic carbocycles. The van der Waals surface area contributed by atoms with Crippen molar-refractivity contribution in [3.63, 3.8) is 0 Å². The molecule has 1 amide bonds. The summed E-state index contributed by atoms with van der Waals surface area (Å²) >= 11 is 0. The van der Waals surface area contributed by atoms with Gasteiger partial charge in [0.15, 0.2) is 0 Å². The highest BCUT2D eigenvalue weighted by Gasteiger charge is 2.37. The molecule has 1 aromatic rings. The second kappa shape index (κ2) is 4.52. The summed E-state index contributed by atoms with van der Waals surface area (Å²) < 4.78 is 0. The van der Waals surface area contributed by atoms with Crippen LogP contribution in [0.3, 0.4) is 0 Å². The first kappa shape index (κ1) is 10.8. The van der Waals surface area contributed by atoms with Gasteiger partial charge in [-0.25, -0.2) is 0 Å². The lowest BCUT2D eigenvalue weighted by molar-refractivity contribution is 0.0548. The van der Waals surface area contributed by atoms with Crippen molar-refractivity contribution in [1.82, 2.24) is 4.90 Å². The van der Waals surface area contributed by atoms with E-state index in [-0.39, 0.29) is 5.91 Å². The number of fused-ring (bicyclic) bond motifs is 1. The summed E-state index contributed by atoms with van der Waals surface area (Å²) in [5, 5.41) is 0. The summed E-state index contributed by atoms with van der Waals surface area (Å²) in [7, 11) is 0. The Hall–Kier alpha value is -1.31. The van der Waals surface area contributed by atoms with E-state index in [1.165, 1.54) is 32.1 Å². The van der Waals surface area contributed by atoms with Crippen molar-refractivity contribution in [2.75, 3.05) is 6.54 Å². The van der Waals surface area contributed by atoms with Crippen LogP contribution < -0.4 is 0 Å². The molecule has 0 radical (unpaired) electrons. The average molecular weight is 229 g/mol. The van der Waals surface area contributed by atoms with Gasteiger partial charge in [-0.15, -0.1) is 0 Å². The standard InChI is InChI=1S/C15H19NO/c17-15(13-6-2-1-3-7-13)16-11-5-9-12-8-4-10-14(12)16/h1-3,6-7,12,14H,4-5,8-11H2/t12-,14-/m0/s1.